The molecular formula is C15H20N4O. The van der Waals surface area contributed by atoms with Crippen molar-refractivity contribution in [3.63, 3.8) is 0 Å². The van der Waals surface area contributed by atoms with Crippen molar-refractivity contribution < 1.29 is 5.11 Å². The minimum atomic E-state index is 0.207. The van der Waals surface area contributed by atoms with Crippen LogP contribution in [0, 0.1) is 5.92 Å². The Hall–Kier alpha value is -1.88. The highest BCUT2D eigenvalue weighted by Crippen LogP contribution is 2.28. The topological polar surface area (TPSA) is 84.1 Å². The zero-order chi connectivity index (χ0) is 13.9. The SMILES string of the molecule is Nc1nc2ccccc2nc1NC1CCCCC1CO. The van der Waals surface area contributed by atoms with Crippen LogP contribution in [0.5, 0.6) is 0 Å². The van der Waals surface area contributed by atoms with E-state index in [-0.39, 0.29) is 18.6 Å². The van der Waals surface area contributed by atoms with E-state index in [1.165, 1.54) is 12.8 Å². The molecule has 3 rings (SSSR count). The molecule has 1 aromatic heterocycles. The van der Waals surface area contributed by atoms with Crippen LogP contribution in [0.15, 0.2) is 24.3 Å². The zero-order valence-electron chi connectivity index (χ0n) is 11.4. The Morgan fingerprint density at radius 2 is 1.85 bits per heavy atom. The molecule has 1 aliphatic rings. The number of anilines is 2. The van der Waals surface area contributed by atoms with Crippen molar-refractivity contribution in [3.8, 4) is 0 Å². The lowest BCUT2D eigenvalue weighted by Crippen LogP contribution is -2.35. The van der Waals surface area contributed by atoms with E-state index in [0.717, 1.165) is 23.9 Å². The van der Waals surface area contributed by atoms with Crippen LogP contribution >= 0.6 is 0 Å². The Bertz CT molecular complexity index is 601. The third kappa shape index (κ3) is 2.54. The van der Waals surface area contributed by atoms with Gasteiger partial charge in [-0.1, -0.05) is 25.0 Å². The minimum Gasteiger partial charge on any atom is -0.396 e. The fourth-order valence-electron chi connectivity index (χ4n) is 2.91. The van der Waals surface area contributed by atoms with Gasteiger partial charge >= 0.3 is 0 Å². The first kappa shape index (κ1) is 13.1. The molecule has 0 radical (unpaired) electrons. The largest absolute Gasteiger partial charge is 0.396 e. The van der Waals surface area contributed by atoms with Crippen LogP contribution in [0.2, 0.25) is 0 Å². The maximum atomic E-state index is 9.47. The Labute approximate surface area is 118 Å². The molecule has 1 saturated carbocycles. The molecule has 2 unspecified atom stereocenters. The van der Waals surface area contributed by atoms with Gasteiger partial charge in [0.05, 0.1) is 11.0 Å². The molecule has 20 heavy (non-hydrogen) atoms. The zero-order valence-corrected chi connectivity index (χ0v) is 11.4. The normalized spacial score (nSPS) is 22.9. The number of nitrogen functional groups attached to an aromatic ring is 1. The molecule has 1 heterocycles. The number of benzene rings is 1. The molecule has 0 bridgehead atoms. The molecule has 0 spiro atoms. The highest BCUT2D eigenvalue weighted by atomic mass is 16.3. The summed E-state index contributed by atoms with van der Waals surface area (Å²) in [5.74, 6) is 1.33. The number of para-hydroxylation sites is 2. The van der Waals surface area contributed by atoms with E-state index >= 15 is 0 Å². The molecular weight excluding hydrogens is 252 g/mol. The molecule has 0 saturated heterocycles. The molecule has 4 N–H and O–H groups in total. The minimum absolute atomic E-state index is 0.207. The molecule has 2 atom stereocenters. The predicted octanol–water partition coefficient (Wildman–Crippen LogP) is 2.18. The van der Waals surface area contributed by atoms with Gasteiger partial charge in [0.1, 0.15) is 0 Å². The summed E-state index contributed by atoms with van der Waals surface area (Å²) in [6.07, 6.45) is 4.45. The van der Waals surface area contributed by atoms with E-state index in [9.17, 15) is 5.11 Å². The van der Waals surface area contributed by atoms with Crippen LogP contribution in [0.25, 0.3) is 11.0 Å². The Balaban J connectivity index is 1.87. The van der Waals surface area contributed by atoms with Gasteiger partial charge in [-0.15, -0.1) is 0 Å². The molecule has 2 aromatic rings. The number of aromatic nitrogens is 2. The summed E-state index contributed by atoms with van der Waals surface area (Å²) in [6.45, 7) is 0.207. The number of nitrogens with zero attached hydrogens (tertiary/aromatic N) is 2. The van der Waals surface area contributed by atoms with Gasteiger partial charge in [-0.3, -0.25) is 0 Å². The molecule has 5 nitrogen and oxygen atoms in total. The fraction of sp³-hybridized carbons (Fsp3) is 0.467. The third-order valence-electron chi connectivity index (χ3n) is 4.06. The van der Waals surface area contributed by atoms with Crippen LogP contribution in [-0.4, -0.2) is 27.7 Å². The smallest absolute Gasteiger partial charge is 0.169 e. The van der Waals surface area contributed by atoms with Crippen molar-refractivity contribution in [1.82, 2.24) is 9.97 Å². The Morgan fingerprint density at radius 3 is 2.60 bits per heavy atom. The van der Waals surface area contributed by atoms with E-state index in [0.29, 0.717) is 11.6 Å². The van der Waals surface area contributed by atoms with E-state index in [4.69, 9.17) is 5.73 Å². The summed E-state index contributed by atoms with van der Waals surface area (Å²) in [6, 6.07) is 7.92. The number of nitrogens with two attached hydrogens (primary N) is 1. The van der Waals surface area contributed by atoms with Gasteiger partial charge < -0.3 is 16.2 Å². The highest BCUT2D eigenvalue weighted by Gasteiger charge is 2.25. The lowest BCUT2D eigenvalue weighted by atomic mass is 9.85. The predicted molar refractivity (Wildman–Crippen MR) is 80.4 cm³/mol. The first-order chi connectivity index (χ1) is 9.78. The third-order valence-corrected chi connectivity index (χ3v) is 4.06. The second kappa shape index (κ2) is 5.63. The van der Waals surface area contributed by atoms with Gasteiger partial charge in [0.25, 0.3) is 0 Å². The van der Waals surface area contributed by atoms with Crippen molar-refractivity contribution in [2.45, 2.75) is 31.7 Å². The first-order valence-electron chi connectivity index (χ1n) is 7.17. The molecule has 1 fully saturated rings. The summed E-state index contributed by atoms with van der Waals surface area (Å²) in [5.41, 5.74) is 7.63. The van der Waals surface area contributed by atoms with Crippen molar-refractivity contribution in [2.75, 3.05) is 17.7 Å². The highest BCUT2D eigenvalue weighted by molar-refractivity contribution is 5.79. The summed E-state index contributed by atoms with van der Waals surface area (Å²) in [4.78, 5) is 8.94. The molecule has 0 amide bonds. The number of hydrogen-bond acceptors (Lipinski definition) is 5. The average Bonchev–Trinajstić information content (AvgIpc) is 2.48. The van der Waals surface area contributed by atoms with Gasteiger partial charge in [0.15, 0.2) is 11.6 Å². The molecule has 0 aliphatic heterocycles. The van der Waals surface area contributed by atoms with Crippen LogP contribution in [0.1, 0.15) is 25.7 Å². The van der Waals surface area contributed by atoms with Crippen molar-refractivity contribution in [3.05, 3.63) is 24.3 Å². The van der Waals surface area contributed by atoms with E-state index in [2.05, 4.69) is 15.3 Å². The van der Waals surface area contributed by atoms with Crippen molar-refractivity contribution in [2.24, 2.45) is 5.92 Å². The maximum absolute atomic E-state index is 9.47. The summed E-state index contributed by atoms with van der Waals surface area (Å²) in [5, 5.41) is 12.9. The van der Waals surface area contributed by atoms with Gasteiger partial charge in [-0.25, -0.2) is 9.97 Å². The number of rotatable bonds is 3. The van der Waals surface area contributed by atoms with E-state index in [1.807, 2.05) is 24.3 Å². The number of aliphatic hydroxyl groups is 1. The number of fused-ring (bicyclic) bond motifs is 1. The summed E-state index contributed by atoms with van der Waals surface area (Å²) >= 11 is 0. The molecule has 1 aromatic carbocycles. The first-order valence-corrected chi connectivity index (χ1v) is 7.17. The van der Waals surface area contributed by atoms with Gasteiger partial charge in [0, 0.05) is 18.6 Å². The van der Waals surface area contributed by atoms with Crippen LogP contribution < -0.4 is 11.1 Å². The maximum Gasteiger partial charge on any atom is 0.169 e. The average molecular weight is 272 g/mol. The number of hydrogen-bond donors (Lipinski definition) is 3. The second-order valence-corrected chi connectivity index (χ2v) is 5.42. The molecule has 106 valence electrons. The van der Waals surface area contributed by atoms with Gasteiger partial charge in [0.2, 0.25) is 0 Å². The van der Waals surface area contributed by atoms with Crippen LogP contribution in [-0.2, 0) is 0 Å². The van der Waals surface area contributed by atoms with Crippen LogP contribution in [0.3, 0.4) is 0 Å². The Kier molecular flexibility index (Phi) is 3.69. The molecule has 5 heteroatoms. The lowest BCUT2D eigenvalue weighted by molar-refractivity contribution is 0.178. The number of aliphatic hydroxyl groups excluding tert-OH is 1. The fourth-order valence-corrected chi connectivity index (χ4v) is 2.91. The monoisotopic (exact) mass is 272 g/mol. The van der Waals surface area contributed by atoms with Gasteiger partial charge in [-0.2, -0.15) is 0 Å². The van der Waals surface area contributed by atoms with E-state index < -0.39 is 0 Å². The second-order valence-electron chi connectivity index (χ2n) is 5.42. The quantitative estimate of drug-likeness (QED) is 0.797. The van der Waals surface area contributed by atoms with Crippen molar-refractivity contribution in [1.29, 1.82) is 0 Å². The van der Waals surface area contributed by atoms with Crippen molar-refractivity contribution >= 4 is 22.7 Å². The van der Waals surface area contributed by atoms with Gasteiger partial charge in [-0.05, 0) is 25.0 Å². The standard InChI is InChI=1S/C15H20N4O/c16-14-15(18-11-6-2-1-5-10(11)9-20)19-13-8-4-3-7-12(13)17-14/h3-4,7-8,10-11,20H,1-2,5-6,9H2,(H2,16,17)(H,18,19). The van der Waals surface area contributed by atoms with E-state index in [1.54, 1.807) is 0 Å². The summed E-state index contributed by atoms with van der Waals surface area (Å²) in [7, 11) is 0. The number of nitrogens with one attached hydrogen (secondary N) is 1. The lowest BCUT2D eigenvalue weighted by Gasteiger charge is -2.31. The summed E-state index contributed by atoms with van der Waals surface area (Å²) < 4.78 is 0. The van der Waals surface area contributed by atoms with Crippen LogP contribution in [0.4, 0.5) is 11.6 Å². The Morgan fingerprint density at radius 1 is 1.15 bits per heavy atom. The molecule has 1 aliphatic carbocycles.